The molecule has 0 aromatic heterocycles. The van der Waals surface area contributed by atoms with Gasteiger partial charge in [-0.2, -0.15) is 5.10 Å². The van der Waals surface area contributed by atoms with E-state index in [1.807, 2.05) is 6.92 Å². The number of hydrogen-bond donors (Lipinski definition) is 1. The summed E-state index contributed by atoms with van der Waals surface area (Å²) < 4.78 is 0. The Morgan fingerprint density at radius 1 is 1.36 bits per heavy atom. The van der Waals surface area contributed by atoms with E-state index in [-0.39, 0.29) is 0 Å². The zero-order valence-electron chi connectivity index (χ0n) is 8.46. The summed E-state index contributed by atoms with van der Waals surface area (Å²) >= 11 is 0. The highest BCUT2D eigenvalue weighted by Crippen LogP contribution is 1.96. The van der Waals surface area contributed by atoms with E-state index in [1.54, 1.807) is 11.2 Å². The third-order valence-electron chi connectivity index (χ3n) is 2.19. The SMILES string of the molecule is CCN(N)N=CN1CCN(C=O)CC1. The molecule has 0 aliphatic carbocycles. The van der Waals surface area contributed by atoms with E-state index in [0.29, 0.717) is 6.54 Å². The number of hydrazine groups is 1. The van der Waals surface area contributed by atoms with Gasteiger partial charge in [-0.15, -0.1) is 0 Å². The second-order valence-corrected chi connectivity index (χ2v) is 3.16. The standard InChI is InChI=1S/C8H17N5O/c1-2-13(9)10-7-11-3-5-12(8-14)6-4-11/h7-8H,2-6,9H2,1H3. The smallest absolute Gasteiger partial charge is 0.209 e. The minimum absolute atomic E-state index is 0.685. The topological polar surface area (TPSA) is 65.2 Å². The molecule has 0 bridgehead atoms. The maximum Gasteiger partial charge on any atom is 0.209 e. The molecular weight excluding hydrogens is 182 g/mol. The molecule has 0 spiro atoms. The quantitative estimate of drug-likeness (QED) is 0.205. The number of piperazine rings is 1. The minimum atomic E-state index is 0.685. The van der Waals surface area contributed by atoms with Crippen LogP contribution >= 0.6 is 0 Å². The third kappa shape index (κ3) is 3.21. The molecule has 0 radical (unpaired) electrons. The van der Waals surface area contributed by atoms with Crippen LogP contribution in [0.1, 0.15) is 6.92 Å². The number of nitrogens with two attached hydrogens (primary N) is 1. The average Bonchev–Trinajstić information content (AvgIpc) is 2.26. The zero-order chi connectivity index (χ0) is 10.4. The lowest BCUT2D eigenvalue weighted by Crippen LogP contribution is -2.45. The molecule has 1 aliphatic heterocycles. The molecule has 1 heterocycles. The van der Waals surface area contributed by atoms with Crippen LogP contribution in [0.3, 0.4) is 0 Å². The first-order valence-corrected chi connectivity index (χ1v) is 4.76. The predicted molar refractivity (Wildman–Crippen MR) is 54.3 cm³/mol. The second-order valence-electron chi connectivity index (χ2n) is 3.16. The van der Waals surface area contributed by atoms with Crippen molar-refractivity contribution >= 4 is 12.7 Å². The van der Waals surface area contributed by atoms with Crippen LogP contribution in [0, 0.1) is 0 Å². The van der Waals surface area contributed by atoms with Crippen LogP contribution in [0.2, 0.25) is 0 Å². The molecule has 6 heteroatoms. The predicted octanol–water partition coefficient (Wildman–Crippen LogP) is -1.10. The zero-order valence-corrected chi connectivity index (χ0v) is 8.46. The van der Waals surface area contributed by atoms with Gasteiger partial charge >= 0.3 is 0 Å². The van der Waals surface area contributed by atoms with Gasteiger partial charge in [-0.25, -0.2) is 11.0 Å². The first-order valence-electron chi connectivity index (χ1n) is 4.76. The lowest BCUT2D eigenvalue weighted by Gasteiger charge is -2.31. The average molecular weight is 199 g/mol. The molecule has 1 saturated heterocycles. The molecule has 2 N–H and O–H groups in total. The molecule has 0 aromatic rings. The molecule has 1 amide bonds. The number of carbonyl (C=O) groups is 1. The van der Waals surface area contributed by atoms with Gasteiger partial charge in [-0.3, -0.25) is 4.79 Å². The number of rotatable bonds is 4. The van der Waals surface area contributed by atoms with Crippen LogP contribution in [0.5, 0.6) is 0 Å². The van der Waals surface area contributed by atoms with Crippen molar-refractivity contribution in [2.45, 2.75) is 6.92 Å². The van der Waals surface area contributed by atoms with E-state index >= 15 is 0 Å². The van der Waals surface area contributed by atoms with Gasteiger partial charge in [0.15, 0.2) is 0 Å². The van der Waals surface area contributed by atoms with Crippen molar-refractivity contribution in [2.75, 3.05) is 32.7 Å². The van der Waals surface area contributed by atoms with Crippen molar-refractivity contribution in [3.05, 3.63) is 0 Å². The lowest BCUT2D eigenvalue weighted by atomic mass is 10.3. The van der Waals surface area contributed by atoms with Crippen LogP contribution in [-0.2, 0) is 4.79 Å². The maximum absolute atomic E-state index is 10.4. The Morgan fingerprint density at radius 3 is 2.43 bits per heavy atom. The fraction of sp³-hybridized carbons (Fsp3) is 0.750. The molecule has 80 valence electrons. The summed E-state index contributed by atoms with van der Waals surface area (Å²) in [5.41, 5.74) is 0. The number of hydrazone groups is 1. The number of carbonyl (C=O) groups excluding carboxylic acids is 1. The van der Waals surface area contributed by atoms with Crippen molar-refractivity contribution in [1.29, 1.82) is 0 Å². The Bertz CT molecular complexity index is 200. The van der Waals surface area contributed by atoms with Crippen LogP contribution in [-0.4, -0.2) is 60.4 Å². The van der Waals surface area contributed by atoms with Crippen molar-refractivity contribution in [3.8, 4) is 0 Å². The van der Waals surface area contributed by atoms with E-state index in [2.05, 4.69) is 10.0 Å². The first kappa shape index (κ1) is 10.8. The number of amides is 1. The molecule has 14 heavy (non-hydrogen) atoms. The van der Waals surface area contributed by atoms with Gasteiger partial charge in [-0.05, 0) is 6.92 Å². The third-order valence-corrected chi connectivity index (χ3v) is 2.19. The van der Waals surface area contributed by atoms with Crippen LogP contribution in [0.15, 0.2) is 5.10 Å². The van der Waals surface area contributed by atoms with Crippen molar-refractivity contribution in [3.63, 3.8) is 0 Å². The summed E-state index contributed by atoms with van der Waals surface area (Å²) in [6.07, 6.45) is 2.61. The molecule has 0 atom stereocenters. The summed E-state index contributed by atoms with van der Waals surface area (Å²) in [6, 6.07) is 0. The largest absolute Gasteiger partial charge is 0.358 e. The Morgan fingerprint density at radius 2 is 1.93 bits per heavy atom. The van der Waals surface area contributed by atoms with E-state index in [1.165, 1.54) is 5.12 Å². The second kappa shape index (κ2) is 5.43. The fourth-order valence-electron chi connectivity index (χ4n) is 1.18. The van der Waals surface area contributed by atoms with E-state index in [4.69, 9.17) is 5.84 Å². The molecule has 1 fully saturated rings. The van der Waals surface area contributed by atoms with Gasteiger partial charge < -0.3 is 9.80 Å². The normalized spacial score (nSPS) is 17.6. The van der Waals surface area contributed by atoms with Crippen LogP contribution < -0.4 is 5.84 Å². The molecule has 0 saturated carbocycles. The van der Waals surface area contributed by atoms with E-state index < -0.39 is 0 Å². The highest BCUT2D eigenvalue weighted by atomic mass is 16.1. The maximum atomic E-state index is 10.4. The minimum Gasteiger partial charge on any atom is -0.358 e. The van der Waals surface area contributed by atoms with E-state index in [0.717, 1.165) is 32.6 Å². The number of nitrogens with zero attached hydrogens (tertiary/aromatic N) is 4. The summed E-state index contributed by atoms with van der Waals surface area (Å²) in [5.74, 6) is 5.49. The van der Waals surface area contributed by atoms with Gasteiger partial charge in [0, 0.05) is 26.2 Å². The molecule has 1 aliphatic rings. The van der Waals surface area contributed by atoms with Gasteiger partial charge in [0.25, 0.3) is 0 Å². The Balaban J connectivity index is 2.28. The summed E-state index contributed by atoms with van der Waals surface area (Å²) in [6.45, 7) is 5.77. The van der Waals surface area contributed by atoms with Crippen molar-refractivity contribution in [1.82, 2.24) is 14.9 Å². The molecular formula is C8H17N5O. The van der Waals surface area contributed by atoms with Crippen molar-refractivity contribution in [2.24, 2.45) is 10.9 Å². The molecule has 0 unspecified atom stereocenters. The summed E-state index contributed by atoms with van der Waals surface area (Å²) in [5, 5.41) is 5.40. The Kier molecular flexibility index (Phi) is 4.18. The molecule has 1 rings (SSSR count). The highest BCUT2D eigenvalue weighted by molar-refractivity contribution is 5.55. The van der Waals surface area contributed by atoms with Gasteiger partial charge in [-0.1, -0.05) is 0 Å². The van der Waals surface area contributed by atoms with Gasteiger partial charge in [0.05, 0.1) is 6.54 Å². The van der Waals surface area contributed by atoms with Gasteiger partial charge in [0.1, 0.15) is 6.34 Å². The van der Waals surface area contributed by atoms with Crippen LogP contribution in [0.4, 0.5) is 0 Å². The highest BCUT2D eigenvalue weighted by Gasteiger charge is 2.12. The number of hydrogen-bond acceptors (Lipinski definition) is 4. The first-order chi connectivity index (χ1) is 6.76. The monoisotopic (exact) mass is 199 g/mol. The van der Waals surface area contributed by atoms with E-state index in [9.17, 15) is 4.79 Å². The Labute approximate surface area is 83.9 Å². The lowest BCUT2D eigenvalue weighted by molar-refractivity contribution is -0.119. The Hall–Kier alpha value is -1.30. The summed E-state index contributed by atoms with van der Waals surface area (Å²) in [7, 11) is 0. The van der Waals surface area contributed by atoms with Crippen LogP contribution in [0.25, 0.3) is 0 Å². The fourth-order valence-corrected chi connectivity index (χ4v) is 1.18. The molecule has 0 aromatic carbocycles. The van der Waals surface area contributed by atoms with Gasteiger partial charge in [0.2, 0.25) is 6.41 Å². The van der Waals surface area contributed by atoms with Crippen molar-refractivity contribution < 1.29 is 4.79 Å². The molecule has 6 nitrogen and oxygen atoms in total. The summed E-state index contributed by atoms with van der Waals surface area (Å²) in [4.78, 5) is 14.2.